The van der Waals surface area contributed by atoms with Crippen LogP contribution in [0.2, 0.25) is 0 Å². The standard InChI is InChI=1S/C28H29F3N6OS/c1-4-17(9-21-16(3)35-14-36-26(21)32)25-8-6-20(39-25)13-34-27-22(11-19(29)12-33-27)28(38)37-15(2)18-5-7-23(30)24(31)10-18/h4,6,8-11,14-15,33-34H,3,5,7,12-13H2,1-2H3,(H,37,38)(H2,32,35,36)/b17-4+,21-9+/t15-/m0/s1. The molecule has 0 saturated heterocycles. The van der Waals surface area contributed by atoms with E-state index in [1.165, 1.54) is 12.4 Å². The molecular formula is C28H29F3N6OS. The number of rotatable bonds is 8. The number of carbonyl (C=O) groups is 1. The van der Waals surface area contributed by atoms with Crippen LogP contribution in [0.1, 0.15) is 36.4 Å². The van der Waals surface area contributed by atoms with Crippen LogP contribution in [-0.4, -0.2) is 28.5 Å². The topological polar surface area (TPSA) is 105 Å². The molecule has 1 aliphatic carbocycles. The highest BCUT2D eigenvalue weighted by Gasteiger charge is 2.23. The molecule has 2 aromatic heterocycles. The first-order valence-corrected chi connectivity index (χ1v) is 13.1. The van der Waals surface area contributed by atoms with Gasteiger partial charge in [-0.25, -0.2) is 23.1 Å². The zero-order valence-corrected chi connectivity index (χ0v) is 22.4. The summed E-state index contributed by atoms with van der Waals surface area (Å²) in [7, 11) is 0. The lowest BCUT2D eigenvalue weighted by Crippen LogP contribution is -2.40. The van der Waals surface area contributed by atoms with Gasteiger partial charge in [-0.05, 0) is 61.8 Å². The van der Waals surface area contributed by atoms with Crippen LogP contribution in [-0.2, 0) is 11.3 Å². The van der Waals surface area contributed by atoms with E-state index in [4.69, 9.17) is 5.73 Å². The van der Waals surface area contributed by atoms with Gasteiger partial charge in [-0.15, -0.1) is 11.3 Å². The van der Waals surface area contributed by atoms with Gasteiger partial charge in [0.2, 0.25) is 0 Å². The van der Waals surface area contributed by atoms with Crippen LogP contribution in [0.25, 0.3) is 18.2 Å². The Hall–Kier alpha value is -4.12. The van der Waals surface area contributed by atoms with Crippen LogP contribution in [0.15, 0.2) is 71.1 Å². The van der Waals surface area contributed by atoms with E-state index < -0.39 is 29.4 Å². The molecule has 1 aliphatic heterocycles. The summed E-state index contributed by atoms with van der Waals surface area (Å²) in [5, 5.41) is 10.0. The van der Waals surface area contributed by atoms with Gasteiger partial charge in [0.1, 0.15) is 29.6 Å². The van der Waals surface area contributed by atoms with Crippen molar-refractivity contribution >= 4 is 41.3 Å². The molecule has 2 aromatic rings. The van der Waals surface area contributed by atoms with Crippen LogP contribution in [0.5, 0.6) is 0 Å². The molecule has 7 nitrogen and oxygen atoms in total. The maximum Gasteiger partial charge on any atom is 0.255 e. The van der Waals surface area contributed by atoms with Crippen LogP contribution in [0.3, 0.4) is 0 Å². The predicted octanol–water partition coefficient (Wildman–Crippen LogP) is 3.55. The molecule has 11 heteroatoms. The van der Waals surface area contributed by atoms with Crippen molar-refractivity contribution in [2.75, 3.05) is 12.3 Å². The Bertz CT molecular complexity index is 1550. The van der Waals surface area contributed by atoms with E-state index in [0.717, 1.165) is 21.4 Å². The lowest BCUT2D eigenvalue weighted by molar-refractivity contribution is -0.117. The molecule has 0 unspecified atom stereocenters. The van der Waals surface area contributed by atoms with Crippen molar-refractivity contribution in [2.45, 2.75) is 39.3 Å². The zero-order chi connectivity index (χ0) is 28.1. The molecule has 2 aliphatic rings. The summed E-state index contributed by atoms with van der Waals surface area (Å²) < 4.78 is 41.1. The number of nitrogens with one attached hydrogen (secondary N) is 3. The van der Waals surface area contributed by atoms with Crippen molar-refractivity contribution in [1.29, 1.82) is 0 Å². The lowest BCUT2D eigenvalue weighted by atomic mass is 9.97. The van der Waals surface area contributed by atoms with Crippen LogP contribution in [0.4, 0.5) is 19.0 Å². The summed E-state index contributed by atoms with van der Waals surface area (Å²) >= 11 is 1.54. The molecule has 0 fully saturated rings. The maximum absolute atomic E-state index is 14.1. The molecule has 204 valence electrons. The quantitative estimate of drug-likeness (QED) is 0.398. The number of nitrogens with zero attached hydrogens (tertiary/aromatic N) is 2. The van der Waals surface area contributed by atoms with Gasteiger partial charge in [0.15, 0.2) is 5.83 Å². The van der Waals surface area contributed by atoms with E-state index in [9.17, 15) is 18.0 Å². The summed E-state index contributed by atoms with van der Waals surface area (Å²) in [4.78, 5) is 23.1. The fourth-order valence-electron chi connectivity index (χ4n) is 4.14. The van der Waals surface area contributed by atoms with Crippen LogP contribution < -0.4 is 32.3 Å². The maximum atomic E-state index is 14.1. The highest BCUT2D eigenvalue weighted by molar-refractivity contribution is 7.13. The number of hydrogen-bond donors (Lipinski definition) is 4. The third-order valence-corrected chi connectivity index (χ3v) is 7.49. The van der Waals surface area contributed by atoms with Gasteiger partial charge >= 0.3 is 0 Å². The first-order chi connectivity index (χ1) is 18.7. The number of nitrogens with two attached hydrogens (primary N) is 1. The van der Waals surface area contributed by atoms with Gasteiger partial charge in [-0.3, -0.25) is 4.79 Å². The summed E-state index contributed by atoms with van der Waals surface area (Å²) in [6, 6.07) is 3.38. The first-order valence-electron chi connectivity index (χ1n) is 12.3. The number of thiophene rings is 1. The third-order valence-electron chi connectivity index (χ3n) is 6.35. The fourth-order valence-corrected chi connectivity index (χ4v) is 5.13. The number of anilines is 1. The van der Waals surface area contributed by atoms with E-state index in [1.807, 2.05) is 31.2 Å². The van der Waals surface area contributed by atoms with E-state index >= 15 is 0 Å². The number of aromatic nitrogens is 2. The molecule has 3 heterocycles. The molecule has 39 heavy (non-hydrogen) atoms. The van der Waals surface area contributed by atoms with E-state index in [2.05, 4.69) is 32.5 Å². The molecular weight excluding hydrogens is 525 g/mol. The number of carbonyl (C=O) groups excluding carboxylic acids is 1. The van der Waals surface area contributed by atoms with Gasteiger partial charge in [0.25, 0.3) is 5.91 Å². The normalized spacial score (nSPS) is 17.5. The molecule has 0 aromatic carbocycles. The highest BCUT2D eigenvalue weighted by atomic mass is 32.1. The van der Waals surface area contributed by atoms with Gasteiger partial charge in [-0.2, -0.15) is 0 Å². The average Bonchev–Trinajstić information content (AvgIpc) is 3.38. The second kappa shape index (κ2) is 12.2. The molecule has 0 bridgehead atoms. The van der Waals surface area contributed by atoms with Gasteiger partial charge < -0.3 is 21.7 Å². The van der Waals surface area contributed by atoms with E-state index in [1.54, 1.807) is 18.3 Å². The minimum absolute atomic E-state index is 0.0536. The Balaban J connectivity index is 1.49. The van der Waals surface area contributed by atoms with Crippen molar-refractivity contribution in [3.8, 4) is 0 Å². The summed E-state index contributed by atoms with van der Waals surface area (Å²) in [5.74, 6) is -2.03. The Morgan fingerprint density at radius 2 is 2.05 bits per heavy atom. The largest absolute Gasteiger partial charge is 0.383 e. The third kappa shape index (κ3) is 6.66. The highest BCUT2D eigenvalue weighted by Crippen LogP contribution is 2.28. The molecule has 0 spiro atoms. The smallest absolute Gasteiger partial charge is 0.255 e. The fraction of sp³-hybridized carbons (Fsp3) is 0.250. The Kier molecular flexibility index (Phi) is 8.70. The van der Waals surface area contributed by atoms with Gasteiger partial charge in [0.05, 0.1) is 24.0 Å². The number of nitrogen functional groups attached to an aromatic ring is 1. The molecule has 5 N–H and O–H groups in total. The lowest BCUT2D eigenvalue weighted by Gasteiger charge is -2.23. The summed E-state index contributed by atoms with van der Waals surface area (Å²) in [5.41, 5.74) is 7.57. The Morgan fingerprint density at radius 3 is 2.77 bits per heavy atom. The number of allylic oxidation sites excluding steroid dienone is 5. The SMILES string of the molecule is C=c1ncnc(N)/c1=C/C(=C\C)c1ccc(CNC2=C(C(=O)N[C@@H](C)C3=CC(F)=C(F)CC3)C=C(F)CN2)s1. The molecule has 1 amide bonds. The van der Waals surface area contributed by atoms with Crippen molar-refractivity contribution in [3.63, 3.8) is 0 Å². The number of halogens is 3. The number of dihydropyridines is 1. The van der Waals surface area contributed by atoms with Crippen molar-refractivity contribution < 1.29 is 18.0 Å². The van der Waals surface area contributed by atoms with Gasteiger partial charge in [-0.1, -0.05) is 12.7 Å². The second-order valence-corrected chi connectivity index (χ2v) is 10.2. The Labute approximate surface area is 228 Å². The van der Waals surface area contributed by atoms with Crippen molar-refractivity contribution in [1.82, 2.24) is 25.9 Å². The van der Waals surface area contributed by atoms with Crippen LogP contribution >= 0.6 is 11.3 Å². The van der Waals surface area contributed by atoms with Crippen LogP contribution in [0, 0.1) is 0 Å². The minimum atomic E-state index is -0.925. The molecule has 1 atom stereocenters. The second-order valence-electron chi connectivity index (χ2n) is 9.03. The summed E-state index contributed by atoms with van der Waals surface area (Å²) in [6.07, 6.45) is 7.73. The average molecular weight is 555 g/mol. The minimum Gasteiger partial charge on any atom is -0.383 e. The molecule has 4 rings (SSSR count). The number of hydrogen-bond acceptors (Lipinski definition) is 7. The first kappa shape index (κ1) is 27.9. The van der Waals surface area contributed by atoms with E-state index in [0.29, 0.717) is 40.7 Å². The van der Waals surface area contributed by atoms with Crippen molar-refractivity contribution in [2.24, 2.45) is 0 Å². The monoisotopic (exact) mass is 554 g/mol. The molecule has 0 radical (unpaired) electrons. The van der Waals surface area contributed by atoms with Crippen molar-refractivity contribution in [3.05, 3.63) is 91.5 Å². The van der Waals surface area contributed by atoms with Gasteiger partial charge in [0, 0.05) is 27.4 Å². The van der Waals surface area contributed by atoms with E-state index in [-0.39, 0.29) is 18.5 Å². The molecule has 0 saturated carbocycles. The summed E-state index contributed by atoms with van der Waals surface area (Å²) in [6.45, 7) is 7.83. The predicted molar refractivity (Wildman–Crippen MR) is 149 cm³/mol. The zero-order valence-electron chi connectivity index (χ0n) is 21.6. The Morgan fingerprint density at radius 1 is 1.26 bits per heavy atom. The number of amides is 1.